The molecule has 0 aliphatic carbocycles. The van der Waals surface area contributed by atoms with Crippen molar-refractivity contribution in [1.29, 1.82) is 0 Å². The zero-order valence-corrected chi connectivity index (χ0v) is 11.6. The molecule has 3 rings (SSSR count). The Balaban J connectivity index is 1.79. The van der Waals surface area contributed by atoms with Crippen LogP contribution in [0.15, 0.2) is 42.5 Å². The summed E-state index contributed by atoms with van der Waals surface area (Å²) in [4.78, 5) is 11.0. The van der Waals surface area contributed by atoms with Crippen LogP contribution in [0.1, 0.15) is 27.0 Å². The van der Waals surface area contributed by atoms with Crippen molar-refractivity contribution in [2.45, 2.75) is 12.8 Å². The highest BCUT2D eigenvalue weighted by molar-refractivity contribution is 5.81. The molecule has 1 aliphatic rings. The molecule has 0 amide bonds. The Morgan fingerprint density at radius 2 is 2.00 bits per heavy atom. The van der Waals surface area contributed by atoms with Crippen molar-refractivity contribution in [3.63, 3.8) is 0 Å². The lowest BCUT2D eigenvalue weighted by Crippen LogP contribution is -1.88. The highest BCUT2D eigenvalue weighted by Crippen LogP contribution is 2.32. The van der Waals surface area contributed by atoms with E-state index in [1.165, 1.54) is 0 Å². The van der Waals surface area contributed by atoms with Gasteiger partial charge in [-0.2, -0.15) is 0 Å². The van der Waals surface area contributed by atoms with E-state index < -0.39 is 0 Å². The minimum atomic E-state index is 0.299. The summed E-state index contributed by atoms with van der Waals surface area (Å²) >= 11 is 0. The number of allylic oxidation sites excluding steroid dienone is 1. The molecule has 0 aromatic heterocycles. The monoisotopic (exact) mass is 280 g/mol. The smallest absolute Gasteiger partial charge is 0.150 e. The lowest BCUT2D eigenvalue weighted by atomic mass is 10.0. The maximum atomic E-state index is 11.0. The third kappa shape index (κ3) is 2.82. The van der Waals surface area contributed by atoms with Crippen LogP contribution in [0.2, 0.25) is 0 Å². The third-order valence-electron chi connectivity index (χ3n) is 3.65. The molecule has 3 heteroatoms. The van der Waals surface area contributed by atoms with E-state index in [4.69, 9.17) is 4.74 Å². The molecule has 21 heavy (non-hydrogen) atoms. The summed E-state index contributed by atoms with van der Waals surface area (Å²) in [5, 5.41) is 10.0. The van der Waals surface area contributed by atoms with E-state index in [1.807, 2.05) is 36.4 Å². The predicted octanol–water partition coefficient (Wildman–Crippen LogP) is 3.40. The van der Waals surface area contributed by atoms with E-state index in [1.54, 1.807) is 12.1 Å². The van der Waals surface area contributed by atoms with E-state index >= 15 is 0 Å². The van der Waals surface area contributed by atoms with E-state index in [9.17, 15) is 9.90 Å². The lowest BCUT2D eigenvalue weighted by Gasteiger charge is -2.05. The molecule has 0 saturated heterocycles. The lowest BCUT2D eigenvalue weighted by molar-refractivity contribution is 0.112. The molecule has 0 saturated carbocycles. The van der Waals surface area contributed by atoms with E-state index in [0.717, 1.165) is 35.1 Å². The van der Waals surface area contributed by atoms with Crippen molar-refractivity contribution < 1.29 is 14.6 Å². The normalized spacial score (nSPS) is 13.1. The van der Waals surface area contributed by atoms with Gasteiger partial charge in [-0.05, 0) is 24.1 Å². The first-order valence-electron chi connectivity index (χ1n) is 6.96. The zero-order valence-electron chi connectivity index (χ0n) is 11.6. The van der Waals surface area contributed by atoms with Crippen molar-refractivity contribution in [2.75, 3.05) is 6.61 Å². The maximum absolute atomic E-state index is 11.0. The van der Waals surface area contributed by atoms with Crippen molar-refractivity contribution in [3.05, 3.63) is 64.7 Å². The molecule has 0 bridgehead atoms. The van der Waals surface area contributed by atoms with E-state index in [-0.39, 0.29) is 0 Å². The van der Waals surface area contributed by atoms with Crippen LogP contribution in [-0.2, 0) is 12.8 Å². The fourth-order valence-corrected chi connectivity index (χ4v) is 2.50. The number of phenols is 1. The molecular weight excluding hydrogens is 264 g/mol. The molecular formula is C18H16O3. The van der Waals surface area contributed by atoms with Gasteiger partial charge in [0.1, 0.15) is 11.5 Å². The number of benzene rings is 2. The molecule has 2 aromatic carbocycles. The van der Waals surface area contributed by atoms with Gasteiger partial charge in [0.2, 0.25) is 0 Å². The first-order chi connectivity index (χ1) is 10.3. The summed E-state index contributed by atoms with van der Waals surface area (Å²) in [5.74, 6) is 1.16. The number of aromatic hydroxyl groups is 1. The number of rotatable bonds is 4. The molecule has 0 spiro atoms. The molecule has 1 heterocycles. The SMILES string of the molecule is O=Cc1ccccc1/C=C/Cc1cc2c(cc1O)CCO2. The van der Waals surface area contributed by atoms with Crippen LogP contribution in [-0.4, -0.2) is 18.0 Å². The van der Waals surface area contributed by atoms with Crippen molar-refractivity contribution in [1.82, 2.24) is 0 Å². The molecule has 0 radical (unpaired) electrons. The van der Waals surface area contributed by atoms with Gasteiger partial charge in [-0.25, -0.2) is 0 Å². The van der Waals surface area contributed by atoms with Gasteiger partial charge < -0.3 is 9.84 Å². The summed E-state index contributed by atoms with van der Waals surface area (Å²) < 4.78 is 5.51. The number of carbonyl (C=O) groups excluding carboxylic acids is 1. The molecule has 3 nitrogen and oxygen atoms in total. The quantitative estimate of drug-likeness (QED) is 0.873. The topological polar surface area (TPSA) is 46.5 Å². The summed E-state index contributed by atoms with van der Waals surface area (Å²) in [5.41, 5.74) is 3.43. The maximum Gasteiger partial charge on any atom is 0.150 e. The van der Waals surface area contributed by atoms with E-state index in [2.05, 4.69) is 0 Å². The van der Waals surface area contributed by atoms with Crippen molar-refractivity contribution >= 4 is 12.4 Å². The second-order valence-corrected chi connectivity index (χ2v) is 5.04. The first-order valence-corrected chi connectivity index (χ1v) is 6.96. The standard InChI is InChI=1S/C18H16O3/c19-12-16-5-2-1-4-13(16)6-3-7-14-11-18-15(8-9-21-18)10-17(14)20/h1-6,10-12,20H,7-9H2/b6-3+. The van der Waals surface area contributed by atoms with Gasteiger partial charge in [-0.1, -0.05) is 36.4 Å². The van der Waals surface area contributed by atoms with Crippen LogP contribution in [0.4, 0.5) is 0 Å². The molecule has 106 valence electrons. The summed E-state index contributed by atoms with van der Waals surface area (Å²) in [6.45, 7) is 0.681. The van der Waals surface area contributed by atoms with E-state index in [0.29, 0.717) is 24.3 Å². The van der Waals surface area contributed by atoms with Crippen LogP contribution in [0, 0.1) is 0 Å². The molecule has 0 unspecified atom stereocenters. The van der Waals surface area contributed by atoms with Gasteiger partial charge in [0.05, 0.1) is 6.61 Å². The van der Waals surface area contributed by atoms with Gasteiger partial charge in [-0.3, -0.25) is 4.79 Å². The Morgan fingerprint density at radius 3 is 2.81 bits per heavy atom. The van der Waals surface area contributed by atoms with Gasteiger partial charge >= 0.3 is 0 Å². The van der Waals surface area contributed by atoms with Crippen LogP contribution in [0.25, 0.3) is 6.08 Å². The largest absolute Gasteiger partial charge is 0.508 e. The summed E-state index contributed by atoms with van der Waals surface area (Å²) in [6.07, 6.45) is 6.14. The predicted molar refractivity (Wildman–Crippen MR) is 81.9 cm³/mol. The van der Waals surface area contributed by atoms with Crippen LogP contribution in [0.5, 0.6) is 11.5 Å². The molecule has 0 fully saturated rings. The van der Waals surface area contributed by atoms with Gasteiger partial charge in [0, 0.05) is 23.1 Å². The minimum Gasteiger partial charge on any atom is -0.508 e. The second-order valence-electron chi connectivity index (χ2n) is 5.04. The number of fused-ring (bicyclic) bond motifs is 1. The Hall–Kier alpha value is -2.55. The van der Waals surface area contributed by atoms with Crippen molar-refractivity contribution in [3.8, 4) is 11.5 Å². The number of hydrogen-bond acceptors (Lipinski definition) is 3. The third-order valence-corrected chi connectivity index (χ3v) is 3.65. The second kappa shape index (κ2) is 5.83. The van der Waals surface area contributed by atoms with Crippen LogP contribution in [0.3, 0.4) is 0 Å². The van der Waals surface area contributed by atoms with Gasteiger partial charge in [-0.15, -0.1) is 0 Å². The van der Waals surface area contributed by atoms with Crippen LogP contribution < -0.4 is 4.74 Å². The minimum absolute atomic E-state index is 0.299. The zero-order chi connectivity index (χ0) is 14.7. The highest BCUT2D eigenvalue weighted by Gasteiger charge is 2.14. The molecule has 1 aliphatic heterocycles. The fraction of sp³-hybridized carbons (Fsp3) is 0.167. The molecule has 2 aromatic rings. The average Bonchev–Trinajstić information content (AvgIpc) is 2.95. The fourth-order valence-electron chi connectivity index (χ4n) is 2.50. The van der Waals surface area contributed by atoms with Gasteiger partial charge in [0.25, 0.3) is 0 Å². The number of aldehydes is 1. The number of carbonyl (C=O) groups is 1. The van der Waals surface area contributed by atoms with Gasteiger partial charge in [0.15, 0.2) is 6.29 Å². The molecule has 1 N–H and O–H groups in total. The first kappa shape index (κ1) is 13.4. The van der Waals surface area contributed by atoms with Crippen LogP contribution >= 0.6 is 0 Å². The summed E-state index contributed by atoms with van der Waals surface area (Å²) in [6, 6.07) is 11.1. The Labute approximate surface area is 123 Å². The Kier molecular flexibility index (Phi) is 3.73. The number of phenolic OH excluding ortho intramolecular Hbond substituents is 1. The summed E-state index contributed by atoms with van der Waals surface area (Å²) in [7, 11) is 0. The Morgan fingerprint density at radius 1 is 1.19 bits per heavy atom. The average molecular weight is 280 g/mol. The highest BCUT2D eigenvalue weighted by atomic mass is 16.5. The Bertz CT molecular complexity index is 702. The number of ether oxygens (including phenoxy) is 1. The van der Waals surface area contributed by atoms with Crippen molar-refractivity contribution in [2.24, 2.45) is 0 Å². The number of hydrogen-bond donors (Lipinski definition) is 1. The molecule has 0 atom stereocenters.